The van der Waals surface area contributed by atoms with Crippen LogP contribution in [0, 0.1) is 0 Å². The van der Waals surface area contributed by atoms with E-state index < -0.39 is 49.5 Å². The Bertz CT molecular complexity index is 751. The maximum atomic E-state index is 12.7. The van der Waals surface area contributed by atoms with Crippen LogP contribution in [0.15, 0.2) is 12.2 Å². The van der Waals surface area contributed by atoms with Crippen LogP contribution >= 0.6 is 0 Å². The van der Waals surface area contributed by atoms with Gasteiger partial charge in [0.25, 0.3) is 0 Å². The van der Waals surface area contributed by atoms with E-state index in [0.29, 0.717) is 6.42 Å². The number of carbonyl (C=O) groups is 1. The molecule has 0 aliphatic carbocycles. The molecule has 0 spiro atoms. The molecule has 0 radical (unpaired) electrons. The summed E-state index contributed by atoms with van der Waals surface area (Å²) < 4.78 is 11.1. The smallest absolute Gasteiger partial charge is 0.220 e. The quantitative estimate of drug-likeness (QED) is 0.0357. The monoisotopic (exact) mass is 672 g/mol. The third-order valence-corrected chi connectivity index (χ3v) is 9.36. The van der Waals surface area contributed by atoms with Crippen molar-refractivity contribution >= 4 is 5.91 Å². The molecule has 0 aromatic heterocycles. The molecule has 0 aromatic carbocycles. The fraction of sp³-hybridized carbons (Fsp3) is 0.921. The number of ether oxygens (including phenoxy) is 2. The average molecular weight is 672 g/mol. The number of unbranched alkanes of at least 4 members (excludes halogenated alkanes) is 21. The molecule has 47 heavy (non-hydrogen) atoms. The lowest BCUT2D eigenvalue weighted by Gasteiger charge is -2.40. The lowest BCUT2D eigenvalue weighted by atomic mass is 9.99. The van der Waals surface area contributed by atoms with Gasteiger partial charge in [-0.3, -0.25) is 4.79 Å². The number of amides is 1. The fourth-order valence-corrected chi connectivity index (χ4v) is 6.15. The Balaban J connectivity index is 2.32. The number of carbonyl (C=O) groups excluding carboxylic acids is 1. The van der Waals surface area contributed by atoms with Crippen molar-refractivity contribution in [1.29, 1.82) is 0 Å². The second kappa shape index (κ2) is 29.8. The highest BCUT2D eigenvalue weighted by Crippen LogP contribution is 2.22. The second-order valence-corrected chi connectivity index (χ2v) is 13.7. The number of aliphatic hydroxyl groups is 5. The standard InChI is InChI=1S/C38H73NO8/c1-3-5-7-9-10-11-12-13-14-15-16-17-18-19-20-21-22-24-25-27-32(41)31(39-34(42)28-26-23-8-6-4-2)30-46-38-37(45)36(44)35(43)33(29-40)47-38/h25,27,31-33,35-38,40-41,43-45H,3-24,26,28-30H2,1-2H3,(H,39,42)/b27-25+. The van der Waals surface area contributed by atoms with Crippen molar-refractivity contribution in [2.24, 2.45) is 0 Å². The van der Waals surface area contributed by atoms with Gasteiger partial charge < -0.3 is 40.3 Å². The van der Waals surface area contributed by atoms with Crippen LogP contribution in [0.25, 0.3) is 0 Å². The van der Waals surface area contributed by atoms with Crippen LogP contribution in [0.1, 0.15) is 168 Å². The molecule has 0 aromatic rings. The van der Waals surface area contributed by atoms with E-state index in [4.69, 9.17) is 9.47 Å². The van der Waals surface area contributed by atoms with Gasteiger partial charge in [-0.2, -0.15) is 0 Å². The molecule has 9 heteroatoms. The Kier molecular flexibility index (Phi) is 27.9. The summed E-state index contributed by atoms with van der Waals surface area (Å²) in [5.74, 6) is -0.190. The summed E-state index contributed by atoms with van der Waals surface area (Å²) in [7, 11) is 0. The SMILES string of the molecule is CCCCCCCCCCCCCCCCCCC/C=C/C(O)C(COC1OC(CO)C(O)C(O)C1O)NC(=O)CCCCCCC. The number of hydrogen-bond acceptors (Lipinski definition) is 8. The topological polar surface area (TPSA) is 149 Å². The summed E-state index contributed by atoms with van der Waals surface area (Å²) in [4.78, 5) is 12.7. The molecule has 1 heterocycles. The zero-order valence-corrected chi connectivity index (χ0v) is 30.0. The van der Waals surface area contributed by atoms with Crippen LogP contribution in [0.2, 0.25) is 0 Å². The highest BCUT2D eigenvalue weighted by Gasteiger charge is 2.44. The van der Waals surface area contributed by atoms with Crippen LogP contribution in [0.3, 0.4) is 0 Å². The van der Waals surface area contributed by atoms with Crippen molar-refractivity contribution in [3.8, 4) is 0 Å². The van der Waals surface area contributed by atoms with Gasteiger partial charge in [-0.25, -0.2) is 0 Å². The molecule has 1 amide bonds. The third-order valence-electron chi connectivity index (χ3n) is 9.36. The van der Waals surface area contributed by atoms with E-state index in [-0.39, 0.29) is 12.5 Å². The Hall–Kier alpha value is -1.07. The van der Waals surface area contributed by atoms with Crippen molar-refractivity contribution in [2.45, 2.75) is 211 Å². The first-order valence-corrected chi connectivity index (χ1v) is 19.4. The van der Waals surface area contributed by atoms with Crippen LogP contribution < -0.4 is 5.32 Å². The van der Waals surface area contributed by atoms with Crippen molar-refractivity contribution in [1.82, 2.24) is 5.32 Å². The van der Waals surface area contributed by atoms with E-state index in [1.54, 1.807) is 6.08 Å². The first kappa shape index (κ1) is 44.0. The highest BCUT2D eigenvalue weighted by atomic mass is 16.7. The Labute approximate surface area is 286 Å². The predicted octanol–water partition coefficient (Wildman–Crippen LogP) is 6.61. The van der Waals surface area contributed by atoms with Gasteiger partial charge in [0.2, 0.25) is 5.91 Å². The van der Waals surface area contributed by atoms with E-state index in [0.717, 1.165) is 51.4 Å². The lowest BCUT2D eigenvalue weighted by Crippen LogP contribution is -2.60. The summed E-state index contributed by atoms with van der Waals surface area (Å²) in [5, 5.41) is 53.6. The zero-order chi connectivity index (χ0) is 34.5. The van der Waals surface area contributed by atoms with Gasteiger partial charge in [0.15, 0.2) is 6.29 Å². The molecule has 278 valence electrons. The molecular formula is C38H73NO8. The normalized spacial score (nSPS) is 22.9. The molecule has 1 aliphatic rings. The Morgan fingerprint density at radius 2 is 1.17 bits per heavy atom. The molecule has 9 nitrogen and oxygen atoms in total. The van der Waals surface area contributed by atoms with Crippen LogP contribution in [-0.4, -0.2) is 87.5 Å². The minimum atomic E-state index is -1.56. The van der Waals surface area contributed by atoms with Gasteiger partial charge in [-0.05, 0) is 19.3 Å². The molecule has 6 N–H and O–H groups in total. The van der Waals surface area contributed by atoms with Crippen molar-refractivity contribution in [2.75, 3.05) is 13.2 Å². The van der Waals surface area contributed by atoms with Gasteiger partial charge in [0.05, 0.1) is 25.4 Å². The number of rotatable bonds is 31. The van der Waals surface area contributed by atoms with E-state index >= 15 is 0 Å². The lowest BCUT2D eigenvalue weighted by molar-refractivity contribution is -0.302. The maximum Gasteiger partial charge on any atom is 0.220 e. The molecule has 0 saturated carbocycles. The second-order valence-electron chi connectivity index (χ2n) is 13.7. The average Bonchev–Trinajstić information content (AvgIpc) is 3.07. The van der Waals surface area contributed by atoms with Crippen molar-refractivity contribution < 1.29 is 39.8 Å². The largest absolute Gasteiger partial charge is 0.394 e. The number of aliphatic hydroxyl groups excluding tert-OH is 5. The summed E-state index contributed by atoms with van der Waals surface area (Å²) >= 11 is 0. The molecule has 1 fully saturated rings. The van der Waals surface area contributed by atoms with Crippen LogP contribution in [0.4, 0.5) is 0 Å². The number of hydrogen-bond donors (Lipinski definition) is 6. The summed E-state index contributed by atoms with van der Waals surface area (Å²) in [6, 6.07) is -0.794. The highest BCUT2D eigenvalue weighted by molar-refractivity contribution is 5.76. The minimum Gasteiger partial charge on any atom is -0.394 e. The van der Waals surface area contributed by atoms with Crippen LogP contribution in [-0.2, 0) is 14.3 Å². The molecule has 1 rings (SSSR count). The molecule has 1 aliphatic heterocycles. The van der Waals surface area contributed by atoms with Crippen LogP contribution in [0.5, 0.6) is 0 Å². The van der Waals surface area contributed by atoms with E-state index in [2.05, 4.69) is 19.2 Å². The molecular weight excluding hydrogens is 598 g/mol. The third kappa shape index (κ3) is 21.6. The Morgan fingerprint density at radius 3 is 1.66 bits per heavy atom. The summed E-state index contributed by atoms with van der Waals surface area (Å²) in [6.07, 6.45) is 24.4. The first-order valence-electron chi connectivity index (χ1n) is 19.4. The van der Waals surface area contributed by atoms with E-state index in [9.17, 15) is 30.3 Å². The fourth-order valence-electron chi connectivity index (χ4n) is 6.15. The summed E-state index contributed by atoms with van der Waals surface area (Å²) in [6.45, 7) is 3.66. The van der Waals surface area contributed by atoms with Gasteiger partial charge in [0.1, 0.15) is 24.4 Å². The number of nitrogens with one attached hydrogen (secondary N) is 1. The van der Waals surface area contributed by atoms with E-state index in [1.807, 2.05) is 6.08 Å². The summed E-state index contributed by atoms with van der Waals surface area (Å²) in [5.41, 5.74) is 0. The van der Waals surface area contributed by atoms with Gasteiger partial charge in [-0.1, -0.05) is 154 Å². The molecule has 7 atom stereocenters. The Morgan fingerprint density at radius 1 is 0.702 bits per heavy atom. The number of allylic oxidation sites excluding steroid dienone is 1. The minimum absolute atomic E-state index is 0.186. The molecule has 1 saturated heterocycles. The van der Waals surface area contributed by atoms with E-state index in [1.165, 1.54) is 96.3 Å². The maximum absolute atomic E-state index is 12.7. The predicted molar refractivity (Wildman–Crippen MR) is 189 cm³/mol. The molecule has 0 bridgehead atoms. The first-order chi connectivity index (χ1) is 22.8. The van der Waals surface area contributed by atoms with Crippen molar-refractivity contribution in [3.63, 3.8) is 0 Å². The zero-order valence-electron chi connectivity index (χ0n) is 30.0. The van der Waals surface area contributed by atoms with Gasteiger partial charge in [0, 0.05) is 6.42 Å². The van der Waals surface area contributed by atoms with Gasteiger partial charge in [-0.15, -0.1) is 0 Å². The molecule has 7 unspecified atom stereocenters. The van der Waals surface area contributed by atoms with Gasteiger partial charge >= 0.3 is 0 Å². The van der Waals surface area contributed by atoms with Crippen molar-refractivity contribution in [3.05, 3.63) is 12.2 Å².